The molecule has 1 fully saturated rings. The van der Waals surface area contributed by atoms with Crippen molar-refractivity contribution in [3.8, 4) is 0 Å². The molecule has 1 aromatic heterocycles. The number of hydrogen-bond donors (Lipinski definition) is 3. The molecule has 0 unspecified atom stereocenters. The summed E-state index contributed by atoms with van der Waals surface area (Å²) in [6.45, 7) is 3.07. The number of hydrogen-bond acceptors (Lipinski definition) is 1. The number of aromatic amines is 1. The third kappa shape index (κ3) is 3.87. The molecule has 1 heterocycles. The van der Waals surface area contributed by atoms with E-state index in [0.717, 1.165) is 18.9 Å². The van der Waals surface area contributed by atoms with Crippen molar-refractivity contribution < 1.29 is 0 Å². The number of nitrogens with one attached hydrogen (secondary N) is 3. The predicted octanol–water partition coefficient (Wildman–Crippen LogP) is 3.52. The van der Waals surface area contributed by atoms with Crippen molar-refractivity contribution in [1.29, 1.82) is 0 Å². The van der Waals surface area contributed by atoms with Crippen molar-refractivity contribution in [2.24, 2.45) is 4.99 Å². The quantitative estimate of drug-likeness (QED) is 0.598. The summed E-state index contributed by atoms with van der Waals surface area (Å²) in [7, 11) is 1.86. The molecule has 3 N–H and O–H groups in total. The molecule has 1 saturated carbocycles. The average molecular weight is 312 g/mol. The van der Waals surface area contributed by atoms with E-state index in [4.69, 9.17) is 0 Å². The van der Waals surface area contributed by atoms with Gasteiger partial charge in [-0.2, -0.15) is 0 Å². The van der Waals surface area contributed by atoms with Crippen molar-refractivity contribution >= 4 is 16.9 Å². The van der Waals surface area contributed by atoms with E-state index in [0.29, 0.717) is 6.04 Å². The van der Waals surface area contributed by atoms with Crippen LogP contribution in [0.25, 0.3) is 10.9 Å². The molecule has 4 heteroatoms. The van der Waals surface area contributed by atoms with Crippen LogP contribution < -0.4 is 10.6 Å². The van der Waals surface area contributed by atoms with E-state index in [9.17, 15) is 0 Å². The average Bonchev–Trinajstić information content (AvgIpc) is 2.99. The molecule has 0 radical (unpaired) electrons. The van der Waals surface area contributed by atoms with Gasteiger partial charge in [0.2, 0.25) is 0 Å². The Kier molecular flexibility index (Phi) is 5.21. The highest BCUT2D eigenvalue weighted by Crippen LogP contribution is 2.22. The van der Waals surface area contributed by atoms with Crippen LogP contribution in [-0.2, 0) is 6.42 Å². The van der Waals surface area contributed by atoms with Crippen molar-refractivity contribution in [2.45, 2.75) is 51.5 Å². The zero-order valence-electron chi connectivity index (χ0n) is 14.3. The lowest BCUT2D eigenvalue weighted by Gasteiger charge is -2.24. The molecule has 0 spiro atoms. The number of rotatable bonds is 4. The van der Waals surface area contributed by atoms with Crippen LogP contribution >= 0.6 is 0 Å². The molecule has 2 aromatic rings. The molecule has 0 bridgehead atoms. The van der Waals surface area contributed by atoms with E-state index in [1.54, 1.807) is 0 Å². The van der Waals surface area contributed by atoms with Crippen LogP contribution in [-0.4, -0.2) is 30.6 Å². The van der Waals surface area contributed by atoms with Gasteiger partial charge >= 0.3 is 0 Å². The fourth-order valence-corrected chi connectivity index (χ4v) is 3.60. The summed E-state index contributed by atoms with van der Waals surface area (Å²) >= 11 is 0. The van der Waals surface area contributed by atoms with Gasteiger partial charge in [0.1, 0.15) is 0 Å². The van der Waals surface area contributed by atoms with Crippen molar-refractivity contribution in [3.05, 3.63) is 35.5 Å². The van der Waals surface area contributed by atoms with Crippen molar-refractivity contribution in [1.82, 2.24) is 15.6 Å². The van der Waals surface area contributed by atoms with Gasteiger partial charge in [-0.25, -0.2) is 0 Å². The molecule has 1 aliphatic carbocycles. The first-order valence-corrected chi connectivity index (χ1v) is 8.80. The predicted molar refractivity (Wildman–Crippen MR) is 98.1 cm³/mol. The number of aryl methyl sites for hydroxylation is 1. The number of aromatic nitrogens is 1. The van der Waals surface area contributed by atoms with E-state index < -0.39 is 0 Å². The molecule has 0 saturated heterocycles. The second-order valence-electron chi connectivity index (χ2n) is 6.54. The summed E-state index contributed by atoms with van der Waals surface area (Å²) in [5.74, 6) is 0.938. The van der Waals surface area contributed by atoms with Crippen LogP contribution in [0.15, 0.2) is 29.4 Å². The van der Waals surface area contributed by atoms with Gasteiger partial charge in [-0.3, -0.25) is 4.99 Å². The fourth-order valence-electron chi connectivity index (χ4n) is 3.60. The van der Waals surface area contributed by atoms with E-state index in [-0.39, 0.29) is 0 Å². The van der Waals surface area contributed by atoms with Gasteiger partial charge in [0.15, 0.2) is 5.96 Å². The Hall–Kier alpha value is -1.97. The van der Waals surface area contributed by atoms with Crippen LogP contribution in [0.2, 0.25) is 0 Å². The number of fused-ring (bicyclic) bond motifs is 1. The molecule has 0 amide bonds. The third-order valence-corrected chi connectivity index (χ3v) is 4.85. The maximum absolute atomic E-state index is 4.37. The molecule has 124 valence electrons. The Morgan fingerprint density at radius 1 is 1.26 bits per heavy atom. The van der Waals surface area contributed by atoms with E-state index >= 15 is 0 Å². The second kappa shape index (κ2) is 7.53. The Balaban J connectivity index is 1.55. The Bertz CT molecular complexity index is 665. The van der Waals surface area contributed by atoms with Gasteiger partial charge in [0.05, 0.1) is 0 Å². The summed E-state index contributed by atoms with van der Waals surface area (Å²) in [5.41, 5.74) is 3.94. The molecule has 1 aromatic carbocycles. The smallest absolute Gasteiger partial charge is 0.191 e. The highest BCUT2D eigenvalue weighted by molar-refractivity contribution is 5.86. The fraction of sp³-hybridized carbons (Fsp3) is 0.526. The number of H-pyrrole nitrogens is 1. The topological polar surface area (TPSA) is 52.2 Å². The number of guanidine groups is 1. The lowest BCUT2D eigenvalue weighted by atomic mass is 9.96. The molecule has 4 nitrogen and oxygen atoms in total. The minimum Gasteiger partial charge on any atom is -0.361 e. The largest absolute Gasteiger partial charge is 0.361 e. The van der Waals surface area contributed by atoms with Crippen LogP contribution in [0, 0.1) is 6.92 Å². The van der Waals surface area contributed by atoms with Gasteiger partial charge in [0.25, 0.3) is 0 Å². The van der Waals surface area contributed by atoms with Gasteiger partial charge in [-0.05, 0) is 43.4 Å². The standard InChI is InChI=1S/C19H28N4/c1-14-7-6-10-17-18(14)15(13-22-17)11-12-21-19(20-2)23-16-8-4-3-5-9-16/h6-7,10,13,16,22H,3-5,8-9,11-12H2,1-2H3,(H2,20,21,23). The maximum atomic E-state index is 4.37. The molecule has 1 aliphatic rings. The highest BCUT2D eigenvalue weighted by Gasteiger charge is 2.14. The lowest BCUT2D eigenvalue weighted by molar-refractivity contribution is 0.410. The van der Waals surface area contributed by atoms with E-state index in [1.807, 2.05) is 7.05 Å². The minimum absolute atomic E-state index is 0.588. The molecule has 23 heavy (non-hydrogen) atoms. The van der Waals surface area contributed by atoms with Crippen molar-refractivity contribution in [2.75, 3.05) is 13.6 Å². The Morgan fingerprint density at radius 2 is 2.09 bits per heavy atom. The summed E-state index contributed by atoms with van der Waals surface area (Å²) < 4.78 is 0. The first kappa shape index (κ1) is 15.9. The molecule has 0 aliphatic heterocycles. The number of aliphatic imine (C=N–C) groups is 1. The third-order valence-electron chi connectivity index (χ3n) is 4.85. The Labute approximate surface area is 138 Å². The van der Waals surface area contributed by atoms with Crippen LogP contribution in [0.4, 0.5) is 0 Å². The van der Waals surface area contributed by atoms with Gasteiger partial charge < -0.3 is 15.6 Å². The summed E-state index contributed by atoms with van der Waals surface area (Å²) in [6, 6.07) is 7.01. The van der Waals surface area contributed by atoms with E-state index in [1.165, 1.54) is 54.1 Å². The molecule has 0 atom stereocenters. The van der Waals surface area contributed by atoms with Gasteiger partial charge in [0, 0.05) is 36.7 Å². The summed E-state index contributed by atoms with van der Waals surface area (Å²) in [6.07, 6.45) is 9.72. The molecular formula is C19H28N4. The SMILES string of the molecule is CN=C(NCCc1c[nH]c2cccc(C)c12)NC1CCCCC1. The molecule has 3 rings (SSSR count). The summed E-state index contributed by atoms with van der Waals surface area (Å²) in [5, 5.41) is 8.39. The van der Waals surface area contributed by atoms with Gasteiger partial charge in [-0.15, -0.1) is 0 Å². The monoisotopic (exact) mass is 312 g/mol. The highest BCUT2D eigenvalue weighted by atomic mass is 15.2. The van der Waals surface area contributed by atoms with Crippen molar-refractivity contribution in [3.63, 3.8) is 0 Å². The Morgan fingerprint density at radius 3 is 2.87 bits per heavy atom. The minimum atomic E-state index is 0.588. The van der Waals surface area contributed by atoms with E-state index in [2.05, 4.69) is 51.9 Å². The van der Waals surface area contributed by atoms with Crippen LogP contribution in [0.5, 0.6) is 0 Å². The van der Waals surface area contributed by atoms with Crippen LogP contribution in [0.1, 0.15) is 43.2 Å². The zero-order valence-corrected chi connectivity index (χ0v) is 14.3. The first-order chi connectivity index (χ1) is 11.3. The number of benzene rings is 1. The van der Waals surface area contributed by atoms with Crippen LogP contribution in [0.3, 0.4) is 0 Å². The normalized spacial score (nSPS) is 16.7. The lowest BCUT2D eigenvalue weighted by Crippen LogP contribution is -2.44. The first-order valence-electron chi connectivity index (χ1n) is 8.80. The number of nitrogens with zero attached hydrogens (tertiary/aromatic N) is 1. The maximum Gasteiger partial charge on any atom is 0.191 e. The summed E-state index contributed by atoms with van der Waals surface area (Å²) in [4.78, 5) is 7.74. The molecular weight excluding hydrogens is 284 g/mol. The van der Waals surface area contributed by atoms with Gasteiger partial charge in [-0.1, -0.05) is 31.4 Å². The second-order valence-corrected chi connectivity index (χ2v) is 6.54. The zero-order chi connectivity index (χ0) is 16.1.